The summed E-state index contributed by atoms with van der Waals surface area (Å²) in [4.78, 5) is 8.73. The number of rotatable bonds is 7. The molecule has 23 heavy (non-hydrogen) atoms. The molecule has 1 atom stereocenters. The number of aromatic nitrogens is 2. The summed E-state index contributed by atoms with van der Waals surface area (Å²) in [5, 5.41) is 18.0. The van der Waals surface area contributed by atoms with E-state index in [4.69, 9.17) is 0 Å². The zero-order valence-electron chi connectivity index (χ0n) is 12.4. The van der Waals surface area contributed by atoms with E-state index in [-0.39, 0.29) is 0 Å². The molecule has 2 heterocycles. The molecule has 2 aromatic heterocycles. The maximum Gasteiger partial charge on any atom is 0.145 e. The van der Waals surface area contributed by atoms with Gasteiger partial charge in [0.05, 0.1) is 18.5 Å². The average molecular weight is 343 g/mol. The van der Waals surface area contributed by atoms with Gasteiger partial charge in [0.2, 0.25) is 0 Å². The van der Waals surface area contributed by atoms with Crippen LogP contribution in [0.25, 0.3) is 0 Å². The second-order valence-electron chi connectivity index (χ2n) is 4.97. The highest BCUT2D eigenvalue weighted by atomic mass is 32.2. The maximum atomic E-state index is 10.1. The third-order valence-corrected chi connectivity index (χ3v) is 4.92. The summed E-state index contributed by atoms with van der Waals surface area (Å²) >= 11 is 3.22. The molecule has 1 unspecified atom stereocenters. The smallest absolute Gasteiger partial charge is 0.145 e. The number of hydrogen-bond donors (Lipinski definition) is 2. The number of nitrogens with zero attached hydrogens (tertiary/aromatic N) is 2. The molecule has 3 rings (SSSR count). The second-order valence-corrected chi connectivity index (χ2v) is 6.75. The molecule has 1 aromatic carbocycles. The van der Waals surface area contributed by atoms with Crippen LogP contribution in [0.4, 0.5) is 5.82 Å². The first-order chi connectivity index (χ1) is 11.3. The van der Waals surface area contributed by atoms with E-state index < -0.39 is 6.10 Å². The van der Waals surface area contributed by atoms with Crippen molar-refractivity contribution in [2.75, 3.05) is 11.9 Å². The lowest BCUT2D eigenvalue weighted by Crippen LogP contribution is -2.12. The Morgan fingerprint density at radius 2 is 2.04 bits per heavy atom. The van der Waals surface area contributed by atoms with Gasteiger partial charge < -0.3 is 10.4 Å². The van der Waals surface area contributed by atoms with Gasteiger partial charge in [0.1, 0.15) is 10.8 Å². The molecule has 4 nitrogen and oxygen atoms in total. The molecule has 0 saturated heterocycles. The van der Waals surface area contributed by atoms with Gasteiger partial charge in [-0.15, -0.1) is 11.8 Å². The molecule has 0 spiro atoms. The minimum absolute atomic E-state index is 0.415. The third-order valence-electron chi connectivity index (χ3n) is 3.25. The largest absolute Gasteiger partial charge is 0.387 e. The van der Waals surface area contributed by atoms with Gasteiger partial charge in [-0.05, 0) is 28.0 Å². The van der Waals surface area contributed by atoms with Crippen molar-refractivity contribution >= 4 is 28.9 Å². The summed E-state index contributed by atoms with van der Waals surface area (Å²) in [7, 11) is 0. The zero-order chi connectivity index (χ0) is 15.9. The highest BCUT2D eigenvalue weighted by Crippen LogP contribution is 2.22. The van der Waals surface area contributed by atoms with Crippen molar-refractivity contribution in [3.8, 4) is 0 Å². The number of nitrogens with one attached hydrogen (secondary N) is 1. The Hall–Kier alpha value is -1.89. The summed E-state index contributed by atoms with van der Waals surface area (Å²) in [5.74, 6) is 1.54. The van der Waals surface area contributed by atoms with E-state index in [1.165, 1.54) is 5.56 Å². The topological polar surface area (TPSA) is 58.0 Å². The minimum Gasteiger partial charge on any atom is -0.387 e. The van der Waals surface area contributed by atoms with E-state index in [1.807, 2.05) is 35.0 Å². The molecule has 0 bridgehead atoms. The number of thiophene rings is 1. The van der Waals surface area contributed by atoms with Crippen LogP contribution in [0.5, 0.6) is 0 Å². The van der Waals surface area contributed by atoms with Gasteiger partial charge in [0.25, 0.3) is 0 Å². The van der Waals surface area contributed by atoms with Crippen molar-refractivity contribution in [2.45, 2.75) is 16.9 Å². The van der Waals surface area contributed by atoms with Gasteiger partial charge >= 0.3 is 0 Å². The first-order valence-electron chi connectivity index (χ1n) is 7.24. The first kappa shape index (κ1) is 16.0. The molecular formula is C17H17N3OS2. The van der Waals surface area contributed by atoms with Crippen LogP contribution < -0.4 is 5.32 Å². The van der Waals surface area contributed by atoms with Crippen LogP contribution >= 0.6 is 23.1 Å². The van der Waals surface area contributed by atoms with Gasteiger partial charge in [-0.2, -0.15) is 11.3 Å². The van der Waals surface area contributed by atoms with Crippen molar-refractivity contribution < 1.29 is 5.11 Å². The lowest BCUT2D eigenvalue weighted by atomic mass is 10.2. The Morgan fingerprint density at radius 1 is 1.17 bits per heavy atom. The van der Waals surface area contributed by atoms with Gasteiger partial charge in [0.15, 0.2) is 0 Å². The third kappa shape index (κ3) is 4.79. The molecule has 6 heteroatoms. The standard InChI is InChI=1S/C17H17N3OS2/c21-15(14-6-7-22-12-14)8-19-16-9-18-10-17(20-16)23-11-13-4-2-1-3-5-13/h1-7,9-10,12,15,21H,8,11H2,(H,19,20). The molecular weight excluding hydrogens is 326 g/mol. The summed E-state index contributed by atoms with van der Waals surface area (Å²) in [6.07, 6.45) is 2.89. The van der Waals surface area contributed by atoms with Gasteiger partial charge in [-0.25, -0.2) is 4.98 Å². The van der Waals surface area contributed by atoms with Crippen molar-refractivity contribution in [1.82, 2.24) is 9.97 Å². The SMILES string of the molecule is OC(CNc1cncc(SCc2ccccc2)n1)c1ccsc1. The fourth-order valence-corrected chi connectivity index (χ4v) is 3.53. The van der Waals surface area contributed by atoms with Gasteiger partial charge in [-0.3, -0.25) is 4.98 Å². The van der Waals surface area contributed by atoms with Crippen LogP contribution in [-0.2, 0) is 5.75 Å². The van der Waals surface area contributed by atoms with Crippen LogP contribution in [0.3, 0.4) is 0 Å². The summed E-state index contributed by atoms with van der Waals surface area (Å²) in [6, 6.07) is 12.2. The predicted molar refractivity (Wildman–Crippen MR) is 95.8 cm³/mol. The fraction of sp³-hybridized carbons (Fsp3) is 0.176. The average Bonchev–Trinajstić information content (AvgIpc) is 3.14. The number of thioether (sulfide) groups is 1. The fourth-order valence-electron chi connectivity index (χ4n) is 2.02. The predicted octanol–water partition coefficient (Wildman–Crippen LogP) is 3.98. The van der Waals surface area contributed by atoms with Crippen LogP contribution in [-0.4, -0.2) is 21.6 Å². The number of anilines is 1. The van der Waals surface area contributed by atoms with E-state index >= 15 is 0 Å². The van der Waals surface area contributed by atoms with Gasteiger partial charge in [-0.1, -0.05) is 30.3 Å². The molecule has 0 fully saturated rings. The molecule has 0 saturated carbocycles. The number of aliphatic hydroxyl groups excluding tert-OH is 1. The van der Waals surface area contributed by atoms with Crippen molar-refractivity contribution in [2.24, 2.45) is 0 Å². The van der Waals surface area contributed by atoms with Crippen molar-refractivity contribution in [3.63, 3.8) is 0 Å². The molecule has 0 aliphatic heterocycles. The van der Waals surface area contributed by atoms with Crippen LogP contribution in [0.15, 0.2) is 64.6 Å². The number of hydrogen-bond acceptors (Lipinski definition) is 6. The van der Waals surface area contributed by atoms with Crippen molar-refractivity contribution in [1.29, 1.82) is 0 Å². The quantitative estimate of drug-likeness (QED) is 0.636. The van der Waals surface area contributed by atoms with E-state index in [0.717, 1.165) is 16.3 Å². The zero-order valence-corrected chi connectivity index (χ0v) is 14.1. The molecule has 0 radical (unpaired) electrons. The van der Waals surface area contributed by atoms with E-state index in [0.29, 0.717) is 12.4 Å². The highest BCUT2D eigenvalue weighted by molar-refractivity contribution is 7.98. The van der Waals surface area contributed by atoms with E-state index in [9.17, 15) is 5.11 Å². The molecule has 2 N–H and O–H groups in total. The van der Waals surface area contributed by atoms with Crippen molar-refractivity contribution in [3.05, 3.63) is 70.7 Å². The monoisotopic (exact) mass is 343 g/mol. The molecule has 0 aliphatic rings. The van der Waals surface area contributed by atoms with Crippen LogP contribution in [0.2, 0.25) is 0 Å². The minimum atomic E-state index is -0.538. The maximum absolute atomic E-state index is 10.1. The summed E-state index contributed by atoms with van der Waals surface area (Å²) in [6.45, 7) is 0.415. The summed E-state index contributed by atoms with van der Waals surface area (Å²) in [5.41, 5.74) is 2.18. The Kier molecular flexibility index (Phi) is 5.63. The van der Waals surface area contributed by atoms with E-state index in [2.05, 4.69) is 27.4 Å². The second kappa shape index (κ2) is 8.10. The molecule has 0 amide bonds. The van der Waals surface area contributed by atoms with E-state index in [1.54, 1.807) is 35.5 Å². The number of benzene rings is 1. The first-order valence-corrected chi connectivity index (χ1v) is 9.17. The molecule has 118 valence electrons. The lowest BCUT2D eigenvalue weighted by Gasteiger charge is -2.11. The lowest BCUT2D eigenvalue weighted by molar-refractivity contribution is 0.192. The number of aliphatic hydroxyl groups is 1. The normalized spacial score (nSPS) is 12.0. The Morgan fingerprint density at radius 3 is 2.83 bits per heavy atom. The van der Waals surface area contributed by atoms with Gasteiger partial charge in [0, 0.05) is 12.3 Å². The molecule has 0 aliphatic carbocycles. The van der Waals surface area contributed by atoms with Crippen LogP contribution in [0.1, 0.15) is 17.2 Å². The Balaban J connectivity index is 1.55. The Bertz CT molecular complexity index is 720. The summed E-state index contributed by atoms with van der Waals surface area (Å²) < 4.78 is 0. The van der Waals surface area contributed by atoms with Crippen LogP contribution in [0, 0.1) is 0 Å². The Labute approximate surface area is 143 Å². The highest BCUT2D eigenvalue weighted by Gasteiger charge is 2.08. The molecule has 3 aromatic rings.